The fraction of sp³-hybridized carbons (Fsp3) is 0.105. The highest BCUT2D eigenvalue weighted by Crippen LogP contribution is 2.19. The molecule has 0 spiro atoms. The van der Waals surface area contributed by atoms with E-state index < -0.39 is 0 Å². The smallest absolute Gasteiger partial charge is 0.277 e. The monoisotopic (exact) mass is 334 g/mol. The van der Waals surface area contributed by atoms with Gasteiger partial charge in [0.25, 0.3) is 5.91 Å². The molecule has 1 amide bonds. The molecule has 1 heterocycles. The normalized spacial score (nSPS) is 10.8. The molecule has 0 bridgehead atoms. The Morgan fingerprint density at radius 2 is 1.96 bits per heavy atom. The molecule has 2 N–H and O–H groups in total. The van der Waals surface area contributed by atoms with Crippen molar-refractivity contribution in [2.75, 3.05) is 6.61 Å². The summed E-state index contributed by atoms with van der Waals surface area (Å²) >= 11 is 0. The predicted octanol–water partition coefficient (Wildman–Crippen LogP) is 2.91. The molecule has 0 saturated carbocycles. The van der Waals surface area contributed by atoms with Crippen molar-refractivity contribution in [3.05, 3.63) is 71.9 Å². The van der Waals surface area contributed by atoms with Crippen LogP contribution in [0.2, 0.25) is 0 Å². The molecular weight excluding hydrogens is 316 g/mol. The average molecular weight is 334 g/mol. The number of hydrogen-bond acceptors (Lipinski definition) is 4. The first-order chi connectivity index (χ1) is 12.2. The van der Waals surface area contributed by atoms with Gasteiger partial charge in [-0.1, -0.05) is 48.5 Å². The summed E-state index contributed by atoms with van der Waals surface area (Å²) in [6, 6.07) is 17.3. The number of nitrogens with one attached hydrogen (secondary N) is 2. The van der Waals surface area contributed by atoms with E-state index in [9.17, 15) is 4.79 Å². The van der Waals surface area contributed by atoms with Crippen LogP contribution < -0.4 is 10.2 Å². The first-order valence-electron chi connectivity index (χ1n) is 7.83. The highest BCUT2D eigenvalue weighted by molar-refractivity contribution is 5.89. The number of carbonyl (C=O) groups is 1. The van der Waals surface area contributed by atoms with Crippen molar-refractivity contribution >= 4 is 12.1 Å². The minimum atomic E-state index is -0.329. The molecule has 6 heteroatoms. The van der Waals surface area contributed by atoms with Gasteiger partial charge in [0, 0.05) is 11.1 Å². The van der Waals surface area contributed by atoms with Crippen molar-refractivity contribution in [3.8, 4) is 17.0 Å². The van der Waals surface area contributed by atoms with Crippen LogP contribution in [0.15, 0.2) is 65.9 Å². The van der Waals surface area contributed by atoms with Crippen LogP contribution in [-0.2, 0) is 4.79 Å². The summed E-state index contributed by atoms with van der Waals surface area (Å²) in [4.78, 5) is 11.8. The molecule has 126 valence electrons. The first kappa shape index (κ1) is 16.4. The second-order valence-electron chi connectivity index (χ2n) is 5.41. The number of benzene rings is 2. The first-order valence-corrected chi connectivity index (χ1v) is 7.83. The van der Waals surface area contributed by atoms with E-state index in [0.717, 1.165) is 22.4 Å². The Kier molecular flexibility index (Phi) is 5.21. The molecule has 0 atom stereocenters. The standard InChI is InChI=1S/C19H18N4O2/c1-14-7-5-6-10-17(14)25-13-18(24)22-20-11-16-12-21-23-19(16)15-8-3-2-4-9-15/h2-12H,13H2,1H3,(H,21,23)(H,22,24)/b20-11+. The molecular formula is C19H18N4O2. The molecule has 0 fully saturated rings. The van der Waals surface area contributed by atoms with Gasteiger partial charge in [-0.05, 0) is 18.6 Å². The molecule has 0 aliphatic heterocycles. The lowest BCUT2D eigenvalue weighted by Gasteiger charge is -2.07. The topological polar surface area (TPSA) is 79.4 Å². The van der Waals surface area contributed by atoms with Crippen LogP contribution >= 0.6 is 0 Å². The van der Waals surface area contributed by atoms with E-state index >= 15 is 0 Å². The number of aromatic amines is 1. The second-order valence-corrected chi connectivity index (χ2v) is 5.41. The highest BCUT2D eigenvalue weighted by atomic mass is 16.5. The predicted molar refractivity (Wildman–Crippen MR) is 96.4 cm³/mol. The number of nitrogens with zero attached hydrogens (tertiary/aromatic N) is 2. The quantitative estimate of drug-likeness (QED) is 0.537. The molecule has 1 aromatic heterocycles. The van der Waals surface area contributed by atoms with Crippen molar-refractivity contribution in [2.24, 2.45) is 5.10 Å². The van der Waals surface area contributed by atoms with Crippen LogP contribution in [0.4, 0.5) is 0 Å². The number of H-pyrrole nitrogens is 1. The van der Waals surface area contributed by atoms with E-state index in [4.69, 9.17) is 4.74 Å². The van der Waals surface area contributed by atoms with Crippen LogP contribution in [0.5, 0.6) is 5.75 Å². The second kappa shape index (κ2) is 7.92. The number of amides is 1. The zero-order valence-electron chi connectivity index (χ0n) is 13.8. The van der Waals surface area contributed by atoms with E-state index in [1.54, 1.807) is 12.4 Å². The maximum Gasteiger partial charge on any atom is 0.277 e. The molecule has 2 aromatic carbocycles. The van der Waals surface area contributed by atoms with Crippen molar-refractivity contribution in [1.82, 2.24) is 15.6 Å². The minimum Gasteiger partial charge on any atom is -0.483 e. The van der Waals surface area contributed by atoms with E-state index in [2.05, 4.69) is 20.7 Å². The summed E-state index contributed by atoms with van der Waals surface area (Å²) in [6.07, 6.45) is 3.21. The zero-order chi connectivity index (χ0) is 17.5. The van der Waals surface area contributed by atoms with E-state index in [-0.39, 0.29) is 12.5 Å². The lowest BCUT2D eigenvalue weighted by molar-refractivity contribution is -0.123. The number of hydrogen-bond donors (Lipinski definition) is 2. The molecule has 25 heavy (non-hydrogen) atoms. The summed E-state index contributed by atoms with van der Waals surface area (Å²) in [5.41, 5.74) is 6.05. The number of aryl methyl sites for hydroxylation is 1. The van der Waals surface area contributed by atoms with E-state index in [0.29, 0.717) is 5.75 Å². The Morgan fingerprint density at radius 3 is 2.76 bits per heavy atom. The molecule has 0 unspecified atom stereocenters. The van der Waals surface area contributed by atoms with Crippen LogP contribution in [-0.4, -0.2) is 28.9 Å². The molecule has 6 nitrogen and oxygen atoms in total. The number of rotatable bonds is 6. The van der Waals surface area contributed by atoms with Crippen molar-refractivity contribution in [3.63, 3.8) is 0 Å². The van der Waals surface area contributed by atoms with Gasteiger partial charge >= 0.3 is 0 Å². The Hall–Kier alpha value is -3.41. The summed E-state index contributed by atoms with van der Waals surface area (Å²) in [5, 5.41) is 10.9. The van der Waals surface area contributed by atoms with Crippen LogP contribution in [0, 0.1) is 6.92 Å². The Balaban J connectivity index is 1.56. The third-order valence-electron chi connectivity index (χ3n) is 3.58. The van der Waals surface area contributed by atoms with Gasteiger partial charge < -0.3 is 4.74 Å². The third-order valence-corrected chi connectivity index (χ3v) is 3.58. The Bertz CT molecular complexity index is 872. The molecule has 0 radical (unpaired) electrons. The summed E-state index contributed by atoms with van der Waals surface area (Å²) < 4.78 is 5.47. The van der Waals surface area contributed by atoms with E-state index in [1.165, 1.54) is 0 Å². The molecule has 0 aliphatic rings. The van der Waals surface area contributed by atoms with E-state index in [1.807, 2.05) is 61.5 Å². The van der Waals surface area contributed by atoms with Gasteiger partial charge in [0.2, 0.25) is 0 Å². The third kappa shape index (κ3) is 4.32. The highest BCUT2D eigenvalue weighted by Gasteiger charge is 2.06. The van der Waals surface area contributed by atoms with Crippen LogP contribution in [0.3, 0.4) is 0 Å². The fourth-order valence-corrected chi connectivity index (χ4v) is 2.30. The number of ether oxygens (including phenoxy) is 1. The van der Waals surface area contributed by atoms with Crippen molar-refractivity contribution in [1.29, 1.82) is 0 Å². The van der Waals surface area contributed by atoms with Crippen LogP contribution in [0.25, 0.3) is 11.3 Å². The van der Waals surface area contributed by atoms with Gasteiger partial charge in [-0.2, -0.15) is 10.2 Å². The molecule has 0 saturated heterocycles. The largest absolute Gasteiger partial charge is 0.483 e. The molecule has 3 rings (SSSR count). The average Bonchev–Trinajstić information content (AvgIpc) is 3.10. The number of carbonyl (C=O) groups excluding carboxylic acids is 1. The summed E-state index contributed by atoms with van der Waals surface area (Å²) in [5.74, 6) is 0.354. The molecule has 0 aliphatic carbocycles. The van der Waals surface area contributed by atoms with Crippen molar-refractivity contribution in [2.45, 2.75) is 6.92 Å². The van der Waals surface area contributed by atoms with Gasteiger partial charge in [0.15, 0.2) is 6.61 Å². The van der Waals surface area contributed by atoms with Gasteiger partial charge in [-0.15, -0.1) is 0 Å². The van der Waals surface area contributed by atoms with Crippen molar-refractivity contribution < 1.29 is 9.53 Å². The van der Waals surface area contributed by atoms with Gasteiger partial charge in [0.05, 0.1) is 18.1 Å². The van der Waals surface area contributed by atoms with Gasteiger partial charge in [-0.25, -0.2) is 5.43 Å². The summed E-state index contributed by atoms with van der Waals surface area (Å²) in [7, 11) is 0. The summed E-state index contributed by atoms with van der Waals surface area (Å²) in [6.45, 7) is 1.83. The lowest BCUT2D eigenvalue weighted by atomic mass is 10.1. The number of hydrazone groups is 1. The van der Waals surface area contributed by atoms with Gasteiger partial charge in [-0.3, -0.25) is 9.89 Å². The Morgan fingerprint density at radius 1 is 1.20 bits per heavy atom. The number of para-hydroxylation sites is 1. The van der Waals surface area contributed by atoms with Crippen LogP contribution in [0.1, 0.15) is 11.1 Å². The lowest BCUT2D eigenvalue weighted by Crippen LogP contribution is -2.24. The minimum absolute atomic E-state index is 0.0981. The molecule has 3 aromatic rings. The number of aromatic nitrogens is 2. The fourth-order valence-electron chi connectivity index (χ4n) is 2.30. The maximum atomic E-state index is 11.8. The zero-order valence-corrected chi connectivity index (χ0v) is 13.8. The van der Waals surface area contributed by atoms with Gasteiger partial charge in [0.1, 0.15) is 5.75 Å². The Labute approximate surface area is 145 Å². The maximum absolute atomic E-state index is 11.8. The SMILES string of the molecule is Cc1ccccc1OCC(=O)N/N=C/c1cn[nH]c1-c1ccccc1.